The van der Waals surface area contributed by atoms with Crippen LogP contribution < -0.4 is 0 Å². The highest BCUT2D eigenvalue weighted by Crippen LogP contribution is 2.38. The first-order valence-electron chi connectivity index (χ1n) is 5.91. The minimum absolute atomic E-state index is 0.136. The number of benzene rings is 1. The van der Waals surface area contributed by atoms with Crippen molar-refractivity contribution in [2.24, 2.45) is 5.92 Å². The van der Waals surface area contributed by atoms with Crippen molar-refractivity contribution in [1.82, 2.24) is 0 Å². The molecule has 0 fully saturated rings. The molecule has 0 aliphatic carbocycles. The summed E-state index contributed by atoms with van der Waals surface area (Å²) in [6, 6.07) is 3.25. The van der Waals surface area contributed by atoms with E-state index in [9.17, 15) is 4.39 Å². The zero-order chi connectivity index (χ0) is 12.3. The highest BCUT2D eigenvalue weighted by atomic mass is 79.9. The highest BCUT2D eigenvalue weighted by molar-refractivity contribution is 9.09. The molecule has 1 unspecified atom stereocenters. The number of halogens is 2. The van der Waals surface area contributed by atoms with E-state index in [1.807, 2.05) is 13.8 Å². The van der Waals surface area contributed by atoms with E-state index in [0.717, 1.165) is 24.0 Å². The van der Waals surface area contributed by atoms with Gasteiger partial charge in [0.25, 0.3) is 0 Å². The molecule has 0 aromatic heterocycles. The Bertz CT molecular complexity index is 333. The zero-order valence-electron chi connectivity index (χ0n) is 10.5. The summed E-state index contributed by atoms with van der Waals surface area (Å²) in [5.41, 5.74) is 3.35. The summed E-state index contributed by atoms with van der Waals surface area (Å²) in [6.07, 6.45) is 2.28. The van der Waals surface area contributed by atoms with E-state index < -0.39 is 0 Å². The maximum absolute atomic E-state index is 13.2. The average molecular weight is 287 g/mol. The molecule has 0 heterocycles. The van der Waals surface area contributed by atoms with Crippen LogP contribution in [-0.2, 0) is 0 Å². The van der Waals surface area contributed by atoms with Crippen LogP contribution in [0.3, 0.4) is 0 Å². The predicted molar refractivity (Wildman–Crippen MR) is 71.6 cm³/mol. The van der Waals surface area contributed by atoms with Gasteiger partial charge in [-0.15, -0.1) is 0 Å². The van der Waals surface area contributed by atoms with Crippen LogP contribution in [0.2, 0.25) is 0 Å². The fourth-order valence-electron chi connectivity index (χ4n) is 2.30. The number of hydrogen-bond donors (Lipinski definition) is 0. The lowest BCUT2D eigenvalue weighted by atomic mass is 9.89. The third-order valence-corrected chi connectivity index (χ3v) is 4.50. The van der Waals surface area contributed by atoms with Crippen molar-refractivity contribution in [3.63, 3.8) is 0 Å². The van der Waals surface area contributed by atoms with Gasteiger partial charge >= 0.3 is 0 Å². The highest BCUT2D eigenvalue weighted by Gasteiger charge is 2.21. The molecule has 0 saturated heterocycles. The Morgan fingerprint density at radius 2 is 1.56 bits per heavy atom. The average Bonchev–Trinajstić information content (AvgIpc) is 2.17. The van der Waals surface area contributed by atoms with Crippen LogP contribution in [0.1, 0.15) is 48.2 Å². The first kappa shape index (κ1) is 13.7. The molecular weight excluding hydrogens is 267 g/mol. The summed E-state index contributed by atoms with van der Waals surface area (Å²) >= 11 is 3.78. The van der Waals surface area contributed by atoms with Gasteiger partial charge in [-0.25, -0.2) is 4.39 Å². The largest absolute Gasteiger partial charge is 0.207 e. The lowest BCUT2D eigenvalue weighted by molar-refractivity contribution is 0.484. The molecule has 0 amide bonds. The fourth-order valence-corrected chi connectivity index (χ4v) is 3.76. The molecular formula is C14H20BrF. The molecule has 1 rings (SSSR count). The van der Waals surface area contributed by atoms with E-state index in [-0.39, 0.29) is 5.82 Å². The third-order valence-electron chi connectivity index (χ3n) is 3.30. The van der Waals surface area contributed by atoms with Crippen LogP contribution in [0.5, 0.6) is 0 Å². The van der Waals surface area contributed by atoms with Gasteiger partial charge in [-0.3, -0.25) is 0 Å². The van der Waals surface area contributed by atoms with E-state index in [4.69, 9.17) is 0 Å². The normalized spacial score (nSPS) is 13.2. The molecule has 0 bridgehead atoms. The van der Waals surface area contributed by atoms with Crippen molar-refractivity contribution in [3.8, 4) is 0 Å². The maximum Gasteiger partial charge on any atom is 0.123 e. The number of hydrogen-bond acceptors (Lipinski definition) is 0. The molecule has 1 aromatic carbocycles. The standard InChI is InChI=1S/C14H20BrF/c1-5-11(6-2)14(15)13-9(3)7-12(16)8-10(13)4/h7-8,11,14H,5-6H2,1-4H3. The first-order valence-corrected chi connectivity index (χ1v) is 6.83. The Labute approximate surface area is 106 Å². The minimum Gasteiger partial charge on any atom is -0.207 e. The molecule has 90 valence electrons. The van der Waals surface area contributed by atoms with Crippen LogP contribution in [0.25, 0.3) is 0 Å². The molecule has 0 nitrogen and oxygen atoms in total. The summed E-state index contributed by atoms with van der Waals surface area (Å²) in [5, 5.41) is 0. The van der Waals surface area contributed by atoms with E-state index in [1.165, 1.54) is 5.56 Å². The molecule has 0 N–H and O–H groups in total. The van der Waals surface area contributed by atoms with Crippen molar-refractivity contribution in [1.29, 1.82) is 0 Å². The van der Waals surface area contributed by atoms with Crippen LogP contribution in [0.4, 0.5) is 4.39 Å². The third kappa shape index (κ3) is 2.85. The Hall–Kier alpha value is -0.370. The van der Waals surface area contributed by atoms with Gasteiger partial charge in [0.2, 0.25) is 0 Å². The Morgan fingerprint density at radius 3 is 1.94 bits per heavy atom. The lowest BCUT2D eigenvalue weighted by Crippen LogP contribution is -2.09. The Kier molecular flexibility index (Phi) is 4.97. The Balaban J connectivity index is 3.12. The maximum atomic E-state index is 13.2. The number of rotatable bonds is 4. The molecule has 1 aromatic rings. The minimum atomic E-state index is -0.136. The Morgan fingerprint density at radius 1 is 1.12 bits per heavy atom. The molecule has 2 heteroatoms. The summed E-state index contributed by atoms with van der Waals surface area (Å²) < 4.78 is 13.2. The molecule has 16 heavy (non-hydrogen) atoms. The molecule has 0 radical (unpaired) electrons. The second-order valence-electron chi connectivity index (χ2n) is 4.43. The van der Waals surface area contributed by atoms with Gasteiger partial charge < -0.3 is 0 Å². The van der Waals surface area contributed by atoms with E-state index in [1.54, 1.807) is 12.1 Å². The smallest absolute Gasteiger partial charge is 0.123 e. The van der Waals surface area contributed by atoms with Crippen molar-refractivity contribution >= 4 is 15.9 Å². The molecule has 0 aliphatic rings. The molecule has 0 saturated carbocycles. The first-order chi connectivity index (χ1) is 7.51. The summed E-state index contributed by atoms with van der Waals surface area (Å²) in [6.45, 7) is 8.39. The van der Waals surface area contributed by atoms with Crippen molar-refractivity contribution < 1.29 is 4.39 Å². The van der Waals surface area contributed by atoms with Crippen LogP contribution in [0.15, 0.2) is 12.1 Å². The van der Waals surface area contributed by atoms with Crippen LogP contribution >= 0.6 is 15.9 Å². The van der Waals surface area contributed by atoms with Gasteiger partial charge in [-0.05, 0) is 48.6 Å². The van der Waals surface area contributed by atoms with Crippen LogP contribution in [0, 0.1) is 25.6 Å². The van der Waals surface area contributed by atoms with Gasteiger partial charge in [0, 0.05) is 4.83 Å². The van der Waals surface area contributed by atoms with Gasteiger partial charge in [0.05, 0.1) is 0 Å². The molecule has 1 atom stereocenters. The second kappa shape index (κ2) is 5.81. The van der Waals surface area contributed by atoms with Gasteiger partial charge in [0.15, 0.2) is 0 Å². The van der Waals surface area contributed by atoms with E-state index >= 15 is 0 Å². The zero-order valence-corrected chi connectivity index (χ0v) is 12.1. The molecule has 0 spiro atoms. The van der Waals surface area contributed by atoms with E-state index in [2.05, 4.69) is 29.8 Å². The van der Waals surface area contributed by atoms with Gasteiger partial charge in [-0.2, -0.15) is 0 Å². The van der Waals surface area contributed by atoms with Gasteiger partial charge in [0.1, 0.15) is 5.82 Å². The van der Waals surface area contributed by atoms with Gasteiger partial charge in [-0.1, -0.05) is 42.6 Å². The van der Waals surface area contributed by atoms with Crippen molar-refractivity contribution in [3.05, 3.63) is 34.6 Å². The SMILES string of the molecule is CCC(CC)C(Br)c1c(C)cc(F)cc1C. The predicted octanol–water partition coefficient (Wildman–Crippen LogP) is 5.31. The lowest BCUT2D eigenvalue weighted by Gasteiger charge is -2.23. The van der Waals surface area contributed by atoms with Crippen molar-refractivity contribution in [2.75, 3.05) is 0 Å². The van der Waals surface area contributed by atoms with Crippen LogP contribution in [-0.4, -0.2) is 0 Å². The summed E-state index contributed by atoms with van der Waals surface area (Å²) in [5.74, 6) is 0.478. The summed E-state index contributed by atoms with van der Waals surface area (Å²) in [4.78, 5) is 0.336. The van der Waals surface area contributed by atoms with Crippen molar-refractivity contribution in [2.45, 2.75) is 45.4 Å². The topological polar surface area (TPSA) is 0 Å². The summed E-state index contributed by atoms with van der Waals surface area (Å²) in [7, 11) is 0. The number of alkyl halides is 1. The molecule has 0 aliphatic heterocycles. The second-order valence-corrected chi connectivity index (χ2v) is 5.42. The van der Waals surface area contributed by atoms with E-state index in [0.29, 0.717) is 10.7 Å². The monoisotopic (exact) mass is 286 g/mol. The quantitative estimate of drug-likeness (QED) is 0.658. The fraction of sp³-hybridized carbons (Fsp3) is 0.571. The number of aryl methyl sites for hydroxylation is 2.